The third-order valence-electron chi connectivity index (χ3n) is 1.72. The fraction of sp³-hybridized carbons (Fsp3) is 0.250. The van der Waals surface area contributed by atoms with E-state index < -0.39 is 0 Å². The van der Waals surface area contributed by atoms with Gasteiger partial charge in [0.25, 0.3) is 0 Å². The Kier molecular flexibility index (Phi) is 4.24. The Morgan fingerprint density at radius 2 is 1.36 bits per heavy atom. The Hall–Kier alpha value is 0.220. The summed E-state index contributed by atoms with van der Waals surface area (Å²) >= 11 is 9.53. The summed E-state index contributed by atoms with van der Waals surface area (Å²) in [7, 11) is 0. The quantitative estimate of drug-likeness (QED) is 0.537. The van der Waals surface area contributed by atoms with E-state index in [1.807, 2.05) is 0 Å². The second kappa shape index (κ2) is 4.83. The number of halogens is 3. The van der Waals surface area contributed by atoms with Crippen LogP contribution in [-0.2, 0) is 6.42 Å². The molecule has 14 heavy (non-hydrogen) atoms. The van der Waals surface area contributed by atoms with Gasteiger partial charge in [-0.1, -0.05) is 0 Å². The van der Waals surface area contributed by atoms with E-state index in [4.69, 9.17) is 5.11 Å². The summed E-state index contributed by atoms with van der Waals surface area (Å²) in [6.45, 7) is -0.0339. The van der Waals surface area contributed by atoms with E-state index in [0.717, 1.165) is 0 Å². The number of aromatic hydroxyl groups is 2. The Balaban J connectivity index is 3.43. The zero-order chi connectivity index (χ0) is 10.9. The summed E-state index contributed by atoms with van der Waals surface area (Å²) in [4.78, 5) is 0. The maximum Gasteiger partial charge on any atom is 0.174 e. The largest absolute Gasteiger partial charge is 0.503 e. The summed E-state index contributed by atoms with van der Waals surface area (Å²) in [6, 6.07) is 0. The van der Waals surface area contributed by atoms with Gasteiger partial charge in [-0.05, 0) is 59.8 Å². The first kappa shape index (κ1) is 12.3. The van der Waals surface area contributed by atoms with Gasteiger partial charge >= 0.3 is 0 Å². The van der Waals surface area contributed by atoms with Gasteiger partial charge in [-0.25, -0.2) is 0 Å². The van der Waals surface area contributed by atoms with Crippen molar-refractivity contribution < 1.29 is 15.3 Å². The first-order valence-corrected chi connectivity index (χ1v) is 6.06. The Labute approximate surface area is 106 Å². The molecule has 1 aromatic carbocycles. The Morgan fingerprint density at radius 3 is 1.86 bits per heavy atom. The number of aliphatic hydroxyl groups excluding tert-OH is 1. The van der Waals surface area contributed by atoms with Crippen LogP contribution >= 0.6 is 47.8 Å². The second-order valence-corrected chi connectivity index (χ2v) is 4.97. The van der Waals surface area contributed by atoms with Crippen molar-refractivity contribution in [2.75, 3.05) is 6.61 Å². The highest BCUT2D eigenvalue weighted by Crippen LogP contribution is 2.46. The van der Waals surface area contributed by atoms with Crippen LogP contribution in [-0.4, -0.2) is 21.9 Å². The molecule has 0 aliphatic carbocycles. The molecule has 0 spiro atoms. The van der Waals surface area contributed by atoms with Crippen LogP contribution in [0.5, 0.6) is 11.5 Å². The Bertz CT molecular complexity index is 336. The lowest BCUT2D eigenvalue weighted by Crippen LogP contribution is -1.95. The molecule has 1 aromatic rings. The van der Waals surface area contributed by atoms with Crippen molar-refractivity contribution >= 4 is 47.8 Å². The maximum absolute atomic E-state index is 9.49. The lowest BCUT2D eigenvalue weighted by Gasteiger charge is -2.11. The minimum absolute atomic E-state index is 0.0339. The molecule has 0 amide bonds. The van der Waals surface area contributed by atoms with E-state index in [1.165, 1.54) is 0 Å². The average Bonchev–Trinajstić information content (AvgIpc) is 2.19. The molecule has 0 aliphatic rings. The van der Waals surface area contributed by atoms with Gasteiger partial charge in [0.2, 0.25) is 0 Å². The van der Waals surface area contributed by atoms with Crippen molar-refractivity contribution in [3.63, 3.8) is 0 Å². The highest BCUT2D eigenvalue weighted by molar-refractivity contribution is 9.13. The zero-order valence-corrected chi connectivity index (χ0v) is 11.6. The molecule has 6 heteroatoms. The lowest BCUT2D eigenvalue weighted by atomic mass is 10.1. The van der Waals surface area contributed by atoms with Gasteiger partial charge in [0, 0.05) is 11.1 Å². The van der Waals surface area contributed by atoms with Crippen molar-refractivity contribution in [2.24, 2.45) is 0 Å². The Morgan fingerprint density at radius 1 is 0.857 bits per heavy atom. The number of rotatable bonds is 2. The van der Waals surface area contributed by atoms with Gasteiger partial charge < -0.3 is 15.3 Å². The van der Waals surface area contributed by atoms with Gasteiger partial charge in [-0.3, -0.25) is 0 Å². The summed E-state index contributed by atoms with van der Waals surface area (Å²) in [6.07, 6.45) is 0.383. The minimum atomic E-state index is -0.233. The molecule has 0 aliphatic heterocycles. The number of hydrogen-bond donors (Lipinski definition) is 3. The van der Waals surface area contributed by atoms with Gasteiger partial charge in [0.05, 0.1) is 8.95 Å². The maximum atomic E-state index is 9.49. The summed E-state index contributed by atoms with van der Waals surface area (Å²) in [5, 5.41) is 27.7. The zero-order valence-electron chi connectivity index (χ0n) is 6.89. The van der Waals surface area contributed by atoms with Crippen LogP contribution in [0.4, 0.5) is 0 Å². The molecule has 1 rings (SSSR count). The number of aliphatic hydroxyl groups is 1. The molecule has 0 saturated heterocycles. The van der Waals surface area contributed by atoms with Crippen molar-refractivity contribution in [2.45, 2.75) is 6.42 Å². The second-order valence-electron chi connectivity index (χ2n) is 2.59. The van der Waals surface area contributed by atoms with E-state index in [0.29, 0.717) is 25.4 Å². The molecule has 0 bridgehead atoms. The van der Waals surface area contributed by atoms with Gasteiger partial charge in [-0.2, -0.15) is 0 Å². The molecule has 0 aromatic heterocycles. The normalized spacial score (nSPS) is 10.6. The highest BCUT2D eigenvalue weighted by atomic mass is 79.9. The van der Waals surface area contributed by atoms with Crippen LogP contribution in [0.2, 0.25) is 0 Å². The summed E-state index contributed by atoms with van der Waals surface area (Å²) < 4.78 is 1.38. The predicted octanol–water partition coefficient (Wildman–Crippen LogP) is 2.92. The molecule has 0 heterocycles. The average molecular weight is 391 g/mol. The summed E-state index contributed by atoms with van der Waals surface area (Å²) in [5.74, 6) is -0.464. The van der Waals surface area contributed by atoms with E-state index in [1.54, 1.807) is 0 Å². The molecule has 78 valence electrons. The molecule has 0 fully saturated rings. The van der Waals surface area contributed by atoms with Crippen LogP contribution in [0.1, 0.15) is 5.56 Å². The molecule has 0 atom stereocenters. The topological polar surface area (TPSA) is 60.7 Å². The van der Waals surface area contributed by atoms with Crippen molar-refractivity contribution in [1.29, 1.82) is 0 Å². The number of phenols is 2. The van der Waals surface area contributed by atoms with Gasteiger partial charge in [0.15, 0.2) is 11.5 Å². The number of hydrogen-bond acceptors (Lipinski definition) is 3. The van der Waals surface area contributed by atoms with E-state index >= 15 is 0 Å². The molecule has 0 radical (unpaired) electrons. The van der Waals surface area contributed by atoms with Crippen LogP contribution in [0.3, 0.4) is 0 Å². The number of phenolic OH excluding ortho intramolecular Hbond substituents is 2. The molecular formula is C8H7Br3O3. The van der Waals surface area contributed by atoms with Gasteiger partial charge in [0.1, 0.15) is 0 Å². The summed E-state index contributed by atoms with van der Waals surface area (Å²) in [5.41, 5.74) is 0.703. The first-order valence-electron chi connectivity index (χ1n) is 3.68. The van der Waals surface area contributed by atoms with Gasteiger partial charge in [-0.15, -0.1) is 0 Å². The standard InChI is InChI=1S/C8H7Br3O3/c9-4-3(1-2-12)5(10)7(13)8(14)6(4)11/h12-14H,1-2H2. The van der Waals surface area contributed by atoms with E-state index in [9.17, 15) is 10.2 Å². The third-order valence-corrected chi connectivity index (χ3v) is 4.76. The fourth-order valence-electron chi connectivity index (χ4n) is 1.01. The minimum Gasteiger partial charge on any atom is -0.503 e. The monoisotopic (exact) mass is 388 g/mol. The van der Waals surface area contributed by atoms with Crippen LogP contribution in [0.25, 0.3) is 0 Å². The predicted molar refractivity (Wildman–Crippen MR) is 63.7 cm³/mol. The third kappa shape index (κ3) is 2.08. The SMILES string of the molecule is OCCc1c(Br)c(O)c(O)c(Br)c1Br. The smallest absolute Gasteiger partial charge is 0.174 e. The van der Waals surface area contributed by atoms with Crippen LogP contribution in [0, 0.1) is 0 Å². The molecule has 0 saturated carbocycles. The number of benzene rings is 1. The molecule has 3 nitrogen and oxygen atoms in total. The van der Waals surface area contributed by atoms with E-state index in [-0.39, 0.29) is 18.1 Å². The first-order chi connectivity index (χ1) is 6.50. The fourth-order valence-corrected chi connectivity index (χ4v) is 2.88. The lowest BCUT2D eigenvalue weighted by molar-refractivity contribution is 0.298. The van der Waals surface area contributed by atoms with Crippen molar-refractivity contribution in [3.05, 3.63) is 19.0 Å². The van der Waals surface area contributed by atoms with Crippen molar-refractivity contribution in [1.82, 2.24) is 0 Å². The highest BCUT2D eigenvalue weighted by Gasteiger charge is 2.18. The molecule has 3 N–H and O–H groups in total. The van der Waals surface area contributed by atoms with Crippen LogP contribution in [0.15, 0.2) is 13.4 Å². The van der Waals surface area contributed by atoms with Crippen LogP contribution < -0.4 is 0 Å². The molecule has 0 unspecified atom stereocenters. The van der Waals surface area contributed by atoms with E-state index in [2.05, 4.69) is 47.8 Å². The van der Waals surface area contributed by atoms with Crippen molar-refractivity contribution in [3.8, 4) is 11.5 Å². The molecular weight excluding hydrogens is 384 g/mol.